The van der Waals surface area contributed by atoms with Gasteiger partial charge in [-0.2, -0.15) is 0 Å². The zero-order valence-corrected chi connectivity index (χ0v) is 7.94. The fraction of sp³-hybridized carbons (Fsp3) is 0.833. The average molecular weight is 136 g/mol. The molecule has 46 valence electrons. The molecule has 0 spiro atoms. The van der Waals surface area contributed by atoms with Crippen LogP contribution in [0.1, 0.15) is 26.2 Å². The molecule has 2 nitrogen and oxygen atoms in total. The van der Waals surface area contributed by atoms with Crippen molar-refractivity contribution in [1.29, 1.82) is 0 Å². The fourth-order valence-electron chi connectivity index (χ4n) is 0.911. The summed E-state index contributed by atoms with van der Waals surface area (Å²) in [5, 5.41) is 10.2. The second-order valence-electron chi connectivity index (χ2n) is 2.70. The first-order valence-corrected chi connectivity index (χ1v) is 2.87. The second kappa shape index (κ2) is 3.04. The van der Waals surface area contributed by atoms with E-state index in [0.29, 0.717) is 0 Å². The van der Waals surface area contributed by atoms with Gasteiger partial charge >= 0.3 is 29.6 Å². The summed E-state index contributed by atoms with van der Waals surface area (Å²) in [6.45, 7) is 1.74. The summed E-state index contributed by atoms with van der Waals surface area (Å²) in [7, 11) is 0. The number of carboxylic acids is 1. The van der Waals surface area contributed by atoms with Crippen molar-refractivity contribution in [3.63, 3.8) is 0 Å². The van der Waals surface area contributed by atoms with Crippen molar-refractivity contribution in [2.24, 2.45) is 5.41 Å². The molecule has 1 saturated carbocycles. The van der Waals surface area contributed by atoms with Crippen molar-refractivity contribution < 1.29 is 39.5 Å². The Labute approximate surface area is 76.9 Å². The molecule has 3 heteroatoms. The van der Waals surface area contributed by atoms with Gasteiger partial charge in [0, 0.05) is 11.4 Å². The molecule has 0 aliphatic heterocycles. The first-order chi connectivity index (χ1) is 3.65. The van der Waals surface area contributed by atoms with Gasteiger partial charge in [-0.3, -0.25) is 0 Å². The van der Waals surface area contributed by atoms with E-state index in [0.717, 1.165) is 19.3 Å². The minimum atomic E-state index is -0.885. The van der Waals surface area contributed by atoms with Crippen LogP contribution in [0.25, 0.3) is 0 Å². The molecule has 0 aromatic carbocycles. The van der Waals surface area contributed by atoms with Gasteiger partial charge in [0.2, 0.25) is 0 Å². The maximum atomic E-state index is 10.2. The molecule has 0 unspecified atom stereocenters. The van der Waals surface area contributed by atoms with Gasteiger partial charge in [0.05, 0.1) is 0 Å². The Kier molecular flexibility index (Phi) is 3.20. The topological polar surface area (TPSA) is 40.1 Å². The SMILES string of the molecule is CC1(C(=O)[O-])CCC1.[Na+]. The normalized spacial score (nSPS) is 21.4. The van der Waals surface area contributed by atoms with Crippen molar-refractivity contribution in [2.45, 2.75) is 26.2 Å². The van der Waals surface area contributed by atoms with Crippen molar-refractivity contribution in [2.75, 3.05) is 0 Å². The third kappa shape index (κ3) is 1.69. The molecular formula is C6H9NaO2. The van der Waals surface area contributed by atoms with Gasteiger partial charge in [-0.05, 0) is 12.8 Å². The molecule has 0 radical (unpaired) electrons. The van der Waals surface area contributed by atoms with E-state index >= 15 is 0 Å². The molecule has 0 saturated heterocycles. The second-order valence-corrected chi connectivity index (χ2v) is 2.70. The van der Waals surface area contributed by atoms with E-state index in [1.807, 2.05) is 0 Å². The third-order valence-corrected chi connectivity index (χ3v) is 1.95. The summed E-state index contributed by atoms with van der Waals surface area (Å²) in [5.41, 5.74) is -0.472. The Morgan fingerprint density at radius 1 is 1.56 bits per heavy atom. The predicted molar refractivity (Wildman–Crippen MR) is 27.0 cm³/mol. The summed E-state index contributed by atoms with van der Waals surface area (Å²) >= 11 is 0. The number of hydrogen-bond acceptors (Lipinski definition) is 2. The minimum absolute atomic E-state index is 0. The maximum Gasteiger partial charge on any atom is 1.00 e. The Bertz CT molecular complexity index is 118. The van der Waals surface area contributed by atoms with Crippen LogP contribution in [-0.4, -0.2) is 5.97 Å². The largest absolute Gasteiger partial charge is 1.00 e. The van der Waals surface area contributed by atoms with Crippen LogP contribution in [0.15, 0.2) is 0 Å². The van der Waals surface area contributed by atoms with E-state index < -0.39 is 11.4 Å². The van der Waals surface area contributed by atoms with Crippen LogP contribution in [-0.2, 0) is 4.79 Å². The van der Waals surface area contributed by atoms with Gasteiger partial charge in [0.15, 0.2) is 0 Å². The Morgan fingerprint density at radius 3 is 2.00 bits per heavy atom. The van der Waals surface area contributed by atoms with Crippen LogP contribution in [0.2, 0.25) is 0 Å². The summed E-state index contributed by atoms with van der Waals surface area (Å²) in [4.78, 5) is 10.2. The smallest absolute Gasteiger partial charge is 0.550 e. The Morgan fingerprint density at radius 2 is 2.00 bits per heavy atom. The summed E-state index contributed by atoms with van der Waals surface area (Å²) in [6.07, 6.45) is 2.65. The number of carbonyl (C=O) groups excluding carboxylic acids is 1. The van der Waals surface area contributed by atoms with Crippen LogP contribution < -0.4 is 34.7 Å². The quantitative estimate of drug-likeness (QED) is 0.359. The summed E-state index contributed by atoms with van der Waals surface area (Å²) in [6, 6.07) is 0. The van der Waals surface area contributed by atoms with Gasteiger partial charge in [0.25, 0.3) is 0 Å². The van der Waals surface area contributed by atoms with Crippen molar-refractivity contribution in [3.8, 4) is 0 Å². The third-order valence-electron chi connectivity index (χ3n) is 1.95. The van der Waals surface area contributed by atoms with Crippen molar-refractivity contribution in [1.82, 2.24) is 0 Å². The molecule has 0 heterocycles. The molecule has 1 fully saturated rings. The van der Waals surface area contributed by atoms with Crippen molar-refractivity contribution in [3.05, 3.63) is 0 Å². The van der Waals surface area contributed by atoms with E-state index in [1.165, 1.54) is 0 Å². The van der Waals surface area contributed by atoms with Crippen LogP contribution in [0.5, 0.6) is 0 Å². The summed E-state index contributed by atoms with van der Waals surface area (Å²) in [5.74, 6) is -0.885. The maximum absolute atomic E-state index is 10.2. The monoisotopic (exact) mass is 136 g/mol. The van der Waals surface area contributed by atoms with E-state index in [4.69, 9.17) is 0 Å². The van der Waals surface area contributed by atoms with Gasteiger partial charge in [-0.25, -0.2) is 0 Å². The van der Waals surface area contributed by atoms with E-state index in [2.05, 4.69) is 0 Å². The molecule has 0 aromatic heterocycles. The molecule has 9 heavy (non-hydrogen) atoms. The number of rotatable bonds is 1. The molecule has 1 aliphatic rings. The van der Waals surface area contributed by atoms with E-state index in [9.17, 15) is 9.90 Å². The Hall–Kier alpha value is 0.470. The number of aliphatic carboxylic acids is 1. The molecule has 0 atom stereocenters. The standard InChI is InChI=1S/C6H10O2.Na/c1-6(5(7)8)3-2-4-6;/h2-4H2,1H3,(H,7,8);/q;+1/p-1. The van der Waals surface area contributed by atoms with Crippen LogP contribution in [0.3, 0.4) is 0 Å². The molecular weight excluding hydrogens is 127 g/mol. The minimum Gasteiger partial charge on any atom is -0.550 e. The molecule has 0 N–H and O–H groups in total. The number of carbonyl (C=O) groups is 1. The molecule has 1 rings (SSSR count). The zero-order valence-electron chi connectivity index (χ0n) is 5.94. The van der Waals surface area contributed by atoms with Gasteiger partial charge in [-0.1, -0.05) is 13.3 Å². The molecule has 0 aromatic rings. The average Bonchev–Trinajstić information content (AvgIpc) is 1.60. The zero-order chi connectivity index (χ0) is 6.20. The molecule has 1 aliphatic carbocycles. The van der Waals surface area contributed by atoms with Crippen LogP contribution in [0, 0.1) is 5.41 Å². The molecule has 0 bridgehead atoms. The van der Waals surface area contributed by atoms with Gasteiger partial charge < -0.3 is 9.90 Å². The fourth-order valence-corrected chi connectivity index (χ4v) is 0.911. The number of carboxylic acid groups (broad SMARTS) is 1. The summed E-state index contributed by atoms with van der Waals surface area (Å²) < 4.78 is 0. The van der Waals surface area contributed by atoms with Crippen molar-refractivity contribution >= 4 is 5.97 Å². The number of hydrogen-bond donors (Lipinski definition) is 0. The Balaban J connectivity index is 0.000000640. The first kappa shape index (κ1) is 9.47. The van der Waals surface area contributed by atoms with Crippen LogP contribution in [0.4, 0.5) is 0 Å². The van der Waals surface area contributed by atoms with Gasteiger partial charge in [0.1, 0.15) is 0 Å². The van der Waals surface area contributed by atoms with Gasteiger partial charge in [-0.15, -0.1) is 0 Å². The molecule has 0 amide bonds. The first-order valence-electron chi connectivity index (χ1n) is 2.87. The van der Waals surface area contributed by atoms with E-state index in [-0.39, 0.29) is 29.6 Å². The predicted octanol–water partition coefficient (Wildman–Crippen LogP) is -3.07. The van der Waals surface area contributed by atoms with E-state index in [1.54, 1.807) is 6.92 Å². The van der Waals surface area contributed by atoms with Crippen LogP contribution >= 0.6 is 0 Å².